The highest BCUT2D eigenvalue weighted by Gasteiger charge is 2.20. The first-order chi connectivity index (χ1) is 11.9. The summed E-state index contributed by atoms with van der Waals surface area (Å²) in [6.07, 6.45) is 1.43. The first kappa shape index (κ1) is 18.1. The summed E-state index contributed by atoms with van der Waals surface area (Å²) in [5, 5.41) is 24.5. The number of non-ortho nitro benzene ring substituents is 2. The monoisotopic (exact) mass is 343 g/mol. The molecule has 130 valence electrons. The fourth-order valence-electron chi connectivity index (χ4n) is 2.34. The molecule has 0 bridgehead atoms. The maximum atomic E-state index is 12.3. The second-order valence-electron chi connectivity index (χ2n) is 5.65. The van der Waals surface area contributed by atoms with Gasteiger partial charge in [-0.3, -0.25) is 25.0 Å². The van der Waals surface area contributed by atoms with Gasteiger partial charge in [0, 0.05) is 18.2 Å². The number of carbonyl (C=O) groups is 1. The minimum atomic E-state index is -0.761. The van der Waals surface area contributed by atoms with Gasteiger partial charge >= 0.3 is 0 Å². The first-order valence-electron chi connectivity index (χ1n) is 7.65. The van der Waals surface area contributed by atoms with Gasteiger partial charge in [-0.2, -0.15) is 0 Å². The molecule has 2 rings (SSSR count). The Kier molecular flexibility index (Phi) is 5.78. The normalized spacial score (nSPS) is 11.6. The summed E-state index contributed by atoms with van der Waals surface area (Å²) < 4.78 is 0. The average Bonchev–Trinajstić information content (AvgIpc) is 2.60. The van der Waals surface area contributed by atoms with Crippen molar-refractivity contribution in [1.29, 1.82) is 0 Å². The molecule has 0 saturated heterocycles. The van der Waals surface area contributed by atoms with Crippen LogP contribution in [-0.4, -0.2) is 21.8 Å². The molecule has 1 amide bonds. The highest BCUT2D eigenvalue weighted by atomic mass is 16.6. The third-order valence-corrected chi connectivity index (χ3v) is 3.67. The number of hydrogen-bond donors (Lipinski definition) is 1. The summed E-state index contributed by atoms with van der Waals surface area (Å²) in [7, 11) is 0. The van der Waals surface area contributed by atoms with Crippen LogP contribution in [0.25, 0.3) is 0 Å². The van der Waals surface area contributed by atoms with Crippen LogP contribution in [0.2, 0.25) is 0 Å². The highest BCUT2D eigenvalue weighted by Crippen LogP contribution is 2.22. The summed E-state index contributed by atoms with van der Waals surface area (Å²) in [5.74, 6) is -0.577. The van der Waals surface area contributed by atoms with Gasteiger partial charge in [0.15, 0.2) is 0 Å². The molecule has 0 aliphatic carbocycles. The van der Waals surface area contributed by atoms with Crippen LogP contribution in [0.4, 0.5) is 11.4 Å². The number of nitrogens with zero attached hydrogens (tertiary/aromatic N) is 2. The van der Waals surface area contributed by atoms with Crippen LogP contribution in [0.1, 0.15) is 29.3 Å². The van der Waals surface area contributed by atoms with E-state index < -0.39 is 27.1 Å². The van der Waals surface area contributed by atoms with E-state index in [4.69, 9.17) is 0 Å². The van der Waals surface area contributed by atoms with Crippen LogP contribution in [-0.2, 0) is 6.42 Å². The SMILES string of the molecule is C[C@H](CCc1ccccc1)NC(=O)c1cc([N+](=O)[O-])cc([N+](=O)[O-])c1. The summed E-state index contributed by atoms with van der Waals surface area (Å²) in [5.41, 5.74) is 0.0506. The van der Waals surface area contributed by atoms with Crippen molar-refractivity contribution in [2.75, 3.05) is 0 Å². The molecule has 1 N–H and O–H groups in total. The van der Waals surface area contributed by atoms with Crippen LogP contribution in [0.3, 0.4) is 0 Å². The van der Waals surface area contributed by atoms with E-state index in [1.807, 2.05) is 37.3 Å². The standard InChI is InChI=1S/C17H17N3O5/c1-12(7-8-13-5-3-2-4-6-13)18-17(21)14-9-15(19(22)23)11-16(10-14)20(24)25/h2-6,9-12H,7-8H2,1H3,(H,18,21)/t12-/m1/s1. The fraction of sp³-hybridized carbons (Fsp3) is 0.235. The highest BCUT2D eigenvalue weighted by molar-refractivity contribution is 5.95. The molecule has 0 aliphatic heterocycles. The number of rotatable bonds is 7. The molecule has 0 saturated carbocycles. The molecule has 8 nitrogen and oxygen atoms in total. The van der Waals surface area contributed by atoms with E-state index in [0.717, 1.165) is 30.2 Å². The minimum absolute atomic E-state index is 0.104. The Balaban J connectivity index is 2.06. The van der Waals surface area contributed by atoms with Crippen molar-refractivity contribution < 1.29 is 14.6 Å². The Bertz CT molecular complexity index is 760. The lowest BCUT2D eigenvalue weighted by Crippen LogP contribution is -2.33. The van der Waals surface area contributed by atoms with Gasteiger partial charge in [-0.25, -0.2) is 0 Å². The lowest BCUT2D eigenvalue weighted by molar-refractivity contribution is -0.394. The molecular formula is C17H17N3O5. The molecular weight excluding hydrogens is 326 g/mol. The van der Waals surface area contributed by atoms with Gasteiger partial charge in [0.2, 0.25) is 0 Å². The van der Waals surface area contributed by atoms with E-state index in [2.05, 4.69) is 5.32 Å². The zero-order valence-corrected chi connectivity index (χ0v) is 13.5. The van der Waals surface area contributed by atoms with Crippen molar-refractivity contribution in [3.63, 3.8) is 0 Å². The molecule has 0 aliphatic rings. The largest absolute Gasteiger partial charge is 0.350 e. The predicted molar refractivity (Wildman–Crippen MR) is 91.4 cm³/mol. The number of nitro benzene ring substituents is 2. The van der Waals surface area contributed by atoms with Crippen LogP contribution < -0.4 is 5.32 Å². The molecule has 0 spiro atoms. The van der Waals surface area contributed by atoms with E-state index >= 15 is 0 Å². The Hall–Kier alpha value is -3.29. The average molecular weight is 343 g/mol. The molecule has 25 heavy (non-hydrogen) atoms. The second-order valence-corrected chi connectivity index (χ2v) is 5.65. The lowest BCUT2D eigenvalue weighted by atomic mass is 10.1. The smallest absolute Gasteiger partial charge is 0.277 e. The topological polar surface area (TPSA) is 115 Å². The number of amides is 1. The third-order valence-electron chi connectivity index (χ3n) is 3.67. The molecule has 1 atom stereocenters. The number of nitrogens with one attached hydrogen (secondary N) is 1. The maximum Gasteiger partial charge on any atom is 0.277 e. The van der Waals surface area contributed by atoms with Crippen LogP contribution in [0, 0.1) is 20.2 Å². The Morgan fingerprint density at radius 3 is 2.12 bits per heavy atom. The Morgan fingerprint density at radius 2 is 1.60 bits per heavy atom. The molecule has 0 aromatic heterocycles. The van der Waals surface area contributed by atoms with Gasteiger partial charge in [0.25, 0.3) is 17.3 Å². The van der Waals surface area contributed by atoms with Crippen molar-refractivity contribution in [2.45, 2.75) is 25.8 Å². The van der Waals surface area contributed by atoms with Crippen LogP contribution in [0.5, 0.6) is 0 Å². The third kappa shape index (κ3) is 5.10. The Morgan fingerprint density at radius 1 is 1.04 bits per heavy atom. The van der Waals surface area contributed by atoms with Gasteiger partial charge in [0.1, 0.15) is 0 Å². The van der Waals surface area contributed by atoms with Gasteiger partial charge in [0.05, 0.1) is 21.5 Å². The van der Waals surface area contributed by atoms with Crippen molar-refractivity contribution in [3.05, 3.63) is 79.9 Å². The fourth-order valence-corrected chi connectivity index (χ4v) is 2.34. The molecule has 8 heteroatoms. The number of carbonyl (C=O) groups excluding carboxylic acids is 1. The zero-order chi connectivity index (χ0) is 18.4. The maximum absolute atomic E-state index is 12.3. The summed E-state index contributed by atoms with van der Waals surface area (Å²) in [6.45, 7) is 1.81. The second kappa shape index (κ2) is 8.00. The molecule has 0 heterocycles. The van der Waals surface area contributed by atoms with Gasteiger partial charge in [-0.15, -0.1) is 0 Å². The quantitative estimate of drug-likeness (QED) is 0.612. The molecule has 0 unspecified atom stereocenters. The molecule has 2 aromatic carbocycles. The predicted octanol–water partition coefficient (Wildman–Crippen LogP) is 3.25. The van der Waals surface area contributed by atoms with E-state index in [1.54, 1.807) is 0 Å². The van der Waals surface area contributed by atoms with Gasteiger partial charge in [-0.1, -0.05) is 30.3 Å². The van der Waals surface area contributed by atoms with E-state index in [9.17, 15) is 25.0 Å². The van der Waals surface area contributed by atoms with E-state index in [-0.39, 0.29) is 11.6 Å². The van der Waals surface area contributed by atoms with E-state index in [0.29, 0.717) is 6.42 Å². The first-order valence-corrected chi connectivity index (χ1v) is 7.65. The molecule has 0 radical (unpaired) electrons. The lowest BCUT2D eigenvalue weighted by Gasteiger charge is -2.14. The summed E-state index contributed by atoms with van der Waals surface area (Å²) in [4.78, 5) is 32.5. The molecule has 2 aromatic rings. The summed E-state index contributed by atoms with van der Waals surface area (Å²) >= 11 is 0. The van der Waals surface area contributed by atoms with Gasteiger partial charge in [-0.05, 0) is 25.3 Å². The van der Waals surface area contributed by atoms with E-state index in [1.165, 1.54) is 0 Å². The number of aryl methyl sites for hydroxylation is 1. The minimum Gasteiger partial charge on any atom is -0.350 e. The zero-order valence-electron chi connectivity index (χ0n) is 13.5. The van der Waals surface area contributed by atoms with Crippen LogP contribution >= 0.6 is 0 Å². The van der Waals surface area contributed by atoms with Gasteiger partial charge < -0.3 is 5.32 Å². The Labute approximate surface area is 143 Å². The summed E-state index contributed by atoms with van der Waals surface area (Å²) in [6, 6.07) is 12.5. The van der Waals surface area contributed by atoms with Crippen molar-refractivity contribution in [1.82, 2.24) is 5.32 Å². The number of nitro groups is 2. The number of hydrogen-bond acceptors (Lipinski definition) is 5. The van der Waals surface area contributed by atoms with Crippen molar-refractivity contribution >= 4 is 17.3 Å². The molecule has 0 fully saturated rings. The number of benzene rings is 2. The van der Waals surface area contributed by atoms with Crippen LogP contribution in [0.15, 0.2) is 48.5 Å². The van der Waals surface area contributed by atoms with Crippen molar-refractivity contribution in [3.8, 4) is 0 Å². The van der Waals surface area contributed by atoms with Crippen molar-refractivity contribution in [2.24, 2.45) is 0 Å².